The van der Waals surface area contributed by atoms with Gasteiger partial charge in [0, 0.05) is 13.2 Å². The zero-order valence-electron chi connectivity index (χ0n) is 11.2. The molecule has 2 nitrogen and oxygen atoms in total. The Balaban J connectivity index is 2.30. The van der Waals surface area contributed by atoms with Gasteiger partial charge in [-0.2, -0.15) is 0 Å². The van der Waals surface area contributed by atoms with Crippen molar-refractivity contribution in [2.45, 2.75) is 33.3 Å². The van der Waals surface area contributed by atoms with E-state index in [4.69, 9.17) is 4.74 Å². The SMILES string of the molecule is Cc1cc(F)cc(C)c1C(O)C1CCOCC1C. The molecular weight excluding hydrogens is 231 g/mol. The topological polar surface area (TPSA) is 29.5 Å². The fraction of sp³-hybridized carbons (Fsp3) is 0.600. The molecule has 1 N–H and O–H groups in total. The second kappa shape index (κ2) is 5.37. The fourth-order valence-corrected chi connectivity index (χ4v) is 2.97. The summed E-state index contributed by atoms with van der Waals surface area (Å²) < 4.78 is 18.7. The van der Waals surface area contributed by atoms with Crippen molar-refractivity contribution in [3.8, 4) is 0 Å². The number of ether oxygens (including phenoxy) is 1. The number of halogens is 1. The highest BCUT2D eigenvalue weighted by Gasteiger charge is 2.31. The Bertz CT molecular complexity index is 407. The highest BCUT2D eigenvalue weighted by molar-refractivity contribution is 5.36. The molecule has 18 heavy (non-hydrogen) atoms. The van der Waals surface area contributed by atoms with Gasteiger partial charge in [-0.3, -0.25) is 0 Å². The van der Waals surface area contributed by atoms with Gasteiger partial charge in [0.25, 0.3) is 0 Å². The molecule has 1 aliphatic rings. The number of hydrogen-bond donors (Lipinski definition) is 1. The molecule has 100 valence electrons. The Labute approximate surface area is 108 Å². The first-order valence-corrected chi connectivity index (χ1v) is 6.53. The summed E-state index contributed by atoms with van der Waals surface area (Å²) in [5, 5.41) is 10.6. The van der Waals surface area contributed by atoms with Gasteiger partial charge in [0.05, 0.1) is 6.10 Å². The molecule has 1 aromatic rings. The summed E-state index contributed by atoms with van der Waals surface area (Å²) in [6.45, 7) is 7.21. The van der Waals surface area contributed by atoms with Crippen molar-refractivity contribution in [3.05, 3.63) is 34.6 Å². The van der Waals surface area contributed by atoms with Crippen molar-refractivity contribution in [2.75, 3.05) is 13.2 Å². The van der Waals surface area contributed by atoms with Crippen LogP contribution in [-0.4, -0.2) is 18.3 Å². The second-order valence-electron chi connectivity index (χ2n) is 5.40. The Kier molecular flexibility index (Phi) is 4.03. The number of benzene rings is 1. The van der Waals surface area contributed by atoms with Crippen LogP contribution in [0.5, 0.6) is 0 Å². The maximum Gasteiger partial charge on any atom is 0.123 e. The summed E-state index contributed by atoms with van der Waals surface area (Å²) >= 11 is 0. The third-order valence-electron chi connectivity index (χ3n) is 3.97. The first kappa shape index (κ1) is 13.5. The van der Waals surface area contributed by atoms with Crippen molar-refractivity contribution in [3.63, 3.8) is 0 Å². The molecule has 3 heteroatoms. The smallest absolute Gasteiger partial charge is 0.123 e. The molecule has 1 fully saturated rings. The Morgan fingerprint density at radius 1 is 1.33 bits per heavy atom. The number of hydrogen-bond acceptors (Lipinski definition) is 2. The molecule has 0 bridgehead atoms. The first-order chi connectivity index (χ1) is 8.50. The summed E-state index contributed by atoms with van der Waals surface area (Å²) in [5.74, 6) is 0.292. The fourth-order valence-electron chi connectivity index (χ4n) is 2.97. The first-order valence-electron chi connectivity index (χ1n) is 6.53. The van der Waals surface area contributed by atoms with E-state index in [1.165, 1.54) is 12.1 Å². The normalized spacial score (nSPS) is 26.1. The van der Waals surface area contributed by atoms with Gasteiger partial charge in [0.1, 0.15) is 5.82 Å². The van der Waals surface area contributed by atoms with Crippen molar-refractivity contribution in [1.29, 1.82) is 0 Å². The van der Waals surface area contributed by atoms with Crippen molar-refractivity contribution in [2.24, 2.45) is 11.8 Å². The van der Waals surface area contributed by atoms with Gasteiger partial charge in [-0.1, -0.05) is 6.92 Å². The van der Waals surface area contributed by atoms with Gasteiger partial charge in [0.2, 0.25) is 0 Å². The molecule has 0 aliphatic carbocycles. The molecule has 2 rings (SSSR count). The Hall–Kier alpha value is -0.930. The summed E-state index contributed by atoms with van der Waals surface area (Å²) in [4.78, 5) is 0. The minimum atomic E-state index is -0.524. The average Bonchev–Trinajstić information content (AvgIpc) is 2.27. The molecule has 1 aliphatic heterocycles. The molecule has 1 saturated heterocycles. The summed E-state index contributed by atoms with van der Waals surface area (Å²) in [6, 6.07) is 2.99. The van der Waals surface area contributed by atoms with Crippen LogP contribution in [0.4, 0.5) is 4.39 Å². The molecular formula is C15H21FO2. The van der Waals surface area contributed by atoms with Crippen molar-refractivity contribution in [1.82, 2.24) is 0 Å². The number of aryl methyl sites for hydroxylation is 2. The lowest BCUT2D eigenvalue weighted by molar-refractivity contribution is -0.0313. The van der Waals surface area contributed by atoms with Crippen LogP contribution in [0, 0.1) is 31.5 Å². The minimum absolute atomic E-state index is 0.196. The van der Waals surface area contributed by atoms with Gasteiger partial charge in [-0.25, -0.2) is 4.39 Å². The van der Waals surface area contributed by atoms with E-state index >= 15 is 0 Å². The predicted octanol–water partition coefficient (Wildman–Crippen LogP) is 3.15. The van der Waals surface area contributed by atoms with E-state index in [0.717, 1.165) is 23.1 Å². The third kappa shape index (κ3) is 2.57. The zero-order chi connectivity index (χ0) is 13.3. The van der Waals surface area contributed by atoms with Crippen molar-refractivity contribution < 1.29 is 14.2 Å². The van der Waals surface area contributed by atoms with E-state index in [1.54, 1.807) is 0 Å². The minimum Gasteiger partial charge on any atom is -0.388 e. The monoisotopic (exact) mass is 252 g/mol. The summed E-state index contributed by atoms with van der Waals surface area (Å²) in [7, 11) is 0. The van der Waals surface area contributed by atoms with Crippen LogP contribution in [0.25, 0.3) is 0 Å². The maximum atomic E-state index is 13.3. The van der Waals surface area contributed by atoms with Crippen LogP contribution in [0.15, 0.2) is 12.1 Å². The van der Waals surface area contributed by atoms with E-state index in [2.05, 4.69) is 6.92 Å². The molecule has 0 amide bonds. The highest BCUT2D eigenvalue weighted by atomic mass is 19.1. The molecule has 3 unspecified atom stereocenters. The van der Waals surface area contributed by atoms with E-state index < -0.39 is 6.10 Å². The number of aliphatic hydroxyl groups excluding tert-OH is 1. The largest absolute Gasteiger partial charge is 0.388 e. The van der Waals surface area contributed by atoms with Gasteiger partial charge >= 0.3 is 0 Å². The molecule has 0 saturated carbocycles. The van der Waals surface area contributed by atoms with Crippen LogP contribution < -0.4 is 0 Å². The van der Waals surface area contributed by atoms with Crippen LogP contribution >= 0.6 is 0 Å². The van der Waals surface area contributed by atoms with Crippen LogP contribution in [-0.2, 0) is 4.74 Å². The predicted molar refractivity (Wildman–Crippen MR) is 68.9 cm³/mol. The summed E-state index contributed by atoms with van der Waals surface area (Å²) in [5.41, 5.74) is 2.55. The Morgan fingerprint density at radius 3 is 2.50 bits per heavy atom. The quantitative estimate of drug-likeness (QED) is 0.876. The van der Waals surface area contributed by atoms with E-state index in [0.29, 0.717) is 19.1 Å². The molecule has 1 heterocycles. The van der Waals surface area contributed by atoms with Gasteiger partial charge < -0.3 is 9.84 Å². The standard InChI is InChI=1S/C15H21FO2/c1-9-6-12(16)7-10(2)14(9)15(17)13-4-5-18-8-11(13)3/h6-7,11,13,15,17H,4-5,8H2,1-3H3. The van der Waals surface area contributed by atoms with Gasteiger partial charge in [0.15, 0.2) is 0 Å². The molecule has 1 aromatic carbocycles. The molecule has 3 atom stereocenters. The lowest BCUT2D eigenvalue weighted by Gasteiger charge is -2.34. The van der Waals surface area contributed by atoms with Gasteiger partial charge in [-0.15, -0.1) is 0 Å². The van der Waals surface area contributed by atoms with E-state index in [1.807, 2.05) is 13.8 Å². The van der Waals surface area contributed by atoms with Crippen LogP contribution in [0.3, 0.4) is 0 Å². The molecule has 0 spiro atoms. The van der Waals surface area contributed by atoms with E-state index in [-0.39, 0.29) is 11.7 Å². The third-order valence-corrected chi connectivity index (χ3v) is 3.97. The Morgan fingerprint density at radius 2 is 1.94 bits per heavy atom. The van der Waals surface area contributed by atoms with Crippen LogP contribution in [0.2, 0.25) is 0 Å². The highest BCUT2D eigenvalue weighted by Crippen LogP contribution is 2.36. The zero-order valence-corrected chi connectivity index (χ0v) is 11.2. The molecule has 0 aromatic heterocycles. The maximum absolute atomic E-state index is 13.3. The van der Waals surface area contributed by atoms with E-state index in [9.17, 15) is 9.50 Å². The average molecular weight is 252 g/mol. The second-order valence-corrected chi connectivity index (χ2v) is 5.40. The number of rotatable bonds is 2. The van der Waals surface area contributed by atoms with Crippen molar-refractivity contribution >= 4 is 0 Å². The summed E-state index contributed by atoms with van der Waals surface area (Å²) in [6.07, 6.45) is 0.336. The number of aliphatic hydroxyl groups is 1. The van der Waals surface area contributed by atoms with Crippen LogP contribution in [0.1, 0.15) is 36.1 Å². The molecule has 0 radical (unpaired) electrons. The lowest BCUT2D eigenvalue weighted by Crippen LogP contribution is -2.30. The lowest BCUT2D eigenvalue weighted by atomic mass is 9.80. The van der Waals surface area contributed by atoms with Gasteiger partial charge in [-0.05, 0) is 60.9 Å².